The lowest BCUT2D eigenvalue weighted by atomic mass is 10.0. The average Bonchev–Trinajstić information content (AvgIpc) is 3.42. The Balaban J connectivity index is 1.32. The van der Waals surface area contributed by atoms with Crippen molar-refractivity contribution in [2.45, 2.75) is 39.2 Å². The van der Waals surface area contributed by atoms with Crippen LogP contribution >= 0.6 is 0 Å². The van der Waals surface area contributed by atoms with Crippen molar-refractivity contribution in [3.63, 3.8) is 0 Å². The van der Waals surface area contributed by atoms with Gasteiger partial charge >= 0.3 is 12.0 Å². The number of urea groups is 1. The van der Waals surface area contributed by atoms with Crippen LogP contribution in [0.1, 0.15) is 51.8 Å². The number of hydrogen-bond acceptors (Lipinski definition) is 6. The van der Waals surface area contributed by atoms with Crippen LogP contribution in [0.25, 0.3) is 0 Å². The number of rotatable bonds is 11. The van der Waals surface area contributed by atoms with Crippen LogP contribution in [0.5, 0.6) is 0 Å². The molecule has 4 aromatic rings. The topological polar surface area (TPSA) is 154 Å². The van der Waals surface area contributed by atoms with Crippen molar-refractivity contribution in [3.8, 4) is 0 Å². The third-order valence-corrected chi connectivity index (χ3v) is 6.76. The van der Waals surface area contributed by atoms with Crippen LogP contribution in [0.15, 0.2) is 83.4 Å². The number of aryl methyl sites for hydroxylation is 2. The number of carbonyl (C=O) groups excluding carboxylic acids is 3. The number of aromatic nitrogens is 1. The minimum atomic E-state index is -0.981. The van der Waals surface area contributed by atoms with Gasteiger partial charge in [-0.3, -0.25) is 19.3 Å². The van der Waals surface area contributed by atoms with Gasteiger partial charge in [-0.15, -0.1) is 0 Å². The van der Waals surface area contributed by atoms with Crippen molar-refractivity contribution in [2.24, 2.45) is 0 Å². The fourth-order valence-electron chi connectivity index (χ4n) is 4.45. The number of nitrogens with zero attached hydrogens (tertiary/aromatic N) is 2. The first-order valence-electron chi connectivity index (χ1n) is 13.6. The molecular weight excluding hydrogens is 550 g/mol. The molecule has 0 spiro atoms. The fourth-order valence-corrected chi connectivity index (χ4v) is 4.45. The number of carboxylic acids is 1. The summed E-state index contributed by atoms with van der Waals surface area (Å²) in [7, 11) is 1.70. The third-order valence-electron chi connectivity index (χ3n) is 6.76. The van der Waals surface area contributed by atoms with E-state index in [1.165, 1.54) is 6.07 Å². The molecule has 1 atom stereocenters. The van der Waals surface area contributed by atoms with Crippen LogP contribution in [-0.2, 0) is 16.0 Å². The highest BCUT2D eigenvalue weighted by Crippen LogP contribution is 2.23. The minimum Gasteiger partial charge on any atom is -0.481 e. The highest BCUT2D eigenvalue weighted by Gasteiger charge is 2.20. The molecule has 222 valence electrons. The second kappa shape index (κ2) is 13.9. The van der Waals surface area contributed by atoms with Crippen LogP contribution in [0.2, 0.25) is 0 Å². The van der Waals surface area contributed by atoms with Gasteiger partial charge in [-0.25, -0.2) is 4.79 Å². The maximum atomic E-state index is 12.7. The molecule has 11 nitrogen and oxygen atoms in total. The zero-order chi connectivity index (χ0) is 30.9. The number of carboxylic acid groups (broad SMARTS) is 1. The highest BCUT2D eigenvalue weighted by molar-refractivity contribution is 6.01. The average molecular weight is 584 g/mol. The molecule has 4 N–H and O–H groups in total. The van der Waals surface area contributed by atoms with Crippen molar-refractivity contribution in [1.29, 1.82) is 0 Å². The molecule has 0 radical (unpaired) electrons. The second-order valence-electron chi connectivity index (χ2n) is 10.1. The first-order valence-corrected chi connectivity index (χ1v) is 13.6. The van der Waals surface area contributed by atoms with Gasteiger partial charge in [0, 0.05) is 36.6 Å². The fraction of sp³-hybridized carbons (Fsp3) is 0.219. The Hall–Kier alpha value is -5.45. The molecule has 0 saturated carbocycles. The molecular formula is C32H33N5O6. The van der Waals surface area contributed by atoms with E-state index in [2.05, 4.69) is 21.1 Å². The van der Waals surface area contributed by atoms with Gasteiger partial charge in [0.05, 0.1) is 12.5 Å². The SMILES string of the molecule is Cc1cc(C(=O)NC(CCC(=O)O)c2ccc(NC(=O)Cc3ccc(NC(=O)N(C)c4ccccc4C)cc3)cc2)no1. The number of aliphatic carboxylic acids is 1. The quantitative estimate of drug-likeness (QED) is 0.182. The largest absolute Gasteiger partial charge is 0.481 e. The van der Waals surface area contributed by atoms with Gasteiger partial charge in [-0.05, 0) is 67.3 Å². The standard InChI is InChI=1S/C32H33N5O6/c1-20-6-4-5-7-28(20)37(3)32(42)34-25-12-8-22(9-13-25)19-29(38)33-24-14-10-23(11-15-24)26(16-17-30(39)40)35-31(41)27-18-21(2)43-36-27/h4-15,18,26H,16-17,19H2,1-3H3,(H,33,38)(H,34,42)(H,35,41)(H,39,40). The Morgan fingerprint density at radius 2 is 1.56 bits per heavy atom. The van der Waals surface area contributed by atoms with Crippen molar-refractivity contribution in [3.05, 3.63) is 107 Å². The maximum Gasteiger partial charge on any atom is 0.326 e. The lowest BCUT2D eigenvalue weighted by molar-refractivity contribution is -0.137. The summed E-state index contributed by atoms with van der Waals surface area (Å²) in [6.45, 7) is 3.61. The summed E-state index contributed by atoms with van der Waals surface area (Å²) in [5.41, 5.74) is 4.49. The van der Waals surface area contributed by atoms with Crippen LogP contribution < -0.4 is 20.9 Å². The lowest BCUT2D eigenvalue weighted by Crippen LogP contribution is -2.31. The number of para-hydroxylation sites is 1. The van der Waals surface area contributed by atoms with Gasteiger partial charge in [0.15, 0.2) is 5.69 Å². The summed E-state index contributed by atoms with van der Waals surface area (Å²) in [5, 5.41) is 21.4. The molecule has 4 amide bonds. The van der Waals surface area contributed by atoms with Crippen molar-refractivity contribution in [2.75, 3.05) is 22.6 Å². The van der Waals surface area contributed by atoms with E-state index in [1.54, 1.807) is 67.4 Å². The Morgan fingerprint density at radius 1 is 0.907 bits per heavy atom. The molecule has 1 heterocycles. The van der Waals surface area contributed by atoms with E-state index in [4.69, 9.17) is 9.63 Å². The molecule has 3 aromatic carbocycles. The first kappa shape index (κ1) is 30.5. The summed E-state index contributed by atoms with van der Waals surface area (Å²) in [6, 6.07) is 22.1. The Morgan fingerprint density at radius 3 is 2.19 bits per heavy atom. The number of anilines is 3. The molecule has 1 unspecified atom stereocenters. The zero-order valence-electron chi connectivity index (χ0n) is 24.1. The monoisotopic (exact) mass is 583 g/mol. The summed E-state index contributed by atoms with van der Waals surface area (Å²) in [4.78, 5) is 50.7. The maximum absolute atomic E-state index is 12.7. The van der Waals surface area contributed by atoms with Crippen LogP contribution in [0.4, 0.5) is 21.9 Å². The Labute approximate surface area is 248 Å². The molecule has 0 aliphatic heterocycles. The van der Waals surface area contributed by atoms with Crippen LogP contribution in [-0.4, -0.2) is 41.1 Å². The van der Waals surface area contributed by atoms with E-state index >= 15 is 0 Å². The lowest BCUT2D eigenvalue weighted by Gasteiger charge is -2.20. The number of amides is 4. The van der Waals surface area contributed by atoms with E-state index in [0.29, 0.717) is 22.7 Å². The molecule has 0 aliphatic carbocycles. The Kier molecular flexibility index (Phi) is 9.89. The van der Waals surface area contributed by atoms with Gasteiger partial charge in [0.2, 0.25) is 5.91 Å². The molecule has 1 aromatic heterocycles. The van der Waals surface area contributed by atoms with Crippen molar-refractivity contribution < 1.29 is 28.8 Å². The minimum absolute atomic E-state index is 0.103. The van der Waals surface area contributed by atoms with E-state index < -0.39 is 17.9 Å². The van der Waals surface area contributed by atoms with Gasteiger partial charge in [0.1, 0.15) is 5.76 Å². The highest BCUT2D eigenvalue weighted by atomic mass is 16.5. The zero-order valence-corrected chi connectivity index (χ0v) is 24.1. The summed E-state index contributed by atoms with van der Waals surface area (Å²) in [5.74, 6) is -1.21. The molecule has 4 rings (SSSR count). The van der Waals surface area contributed by atoms with E-state index in [1.807, 2.05) is 31.2 Å². The smallest absolute Gasteiger partial charge is 0.326 e. The number of hydrogen-bond donors (Lipinski definition) is 4. The number of benzene rings is 3. The molecule has 11 heteroatoms. The van der Waals surface area contributed by atoms with Gasteiger partial charge < -0.3 is 25.6 Å². The molecule has 0 bridgehead atoms. The van der Waals surface area contributed by atoms with E-state index in [9.17, 15) is 19.2 Å². The number of carbonyl (C=O) groups is 4. The van der Waals surface area contributed by atoms with Crippen molar-refractivity contribution in [1.82, 2.24) is 10.5 Å². The molecule has 0 fully saturated rings. The van der Waals surface area contributed by atoms with Crippen LogP contribution in [0.3, 0.4) is 0 Å². The molecule has 0 aliphatic rings. The summed E-state index contributed by atoms with van der Waals surface area (Å²) in [6.07, 6.45) is 0.142. The van der Waals surface area contributed by atoms with Gasteiger partial charge in [-0.2, -0.15) is 0 Å². The predicted octanol–water partition coefficient (Wildman–Crippen LogP) is 5.48. The van der Waals surface area contributed by atoms with Crippen LogP contribution in [0, 0.1) is 13.8 Å². The number of nitrogens with one attached hydrogen (secondary N) is 3. The normalized spacial score (nSPS) is 11.3. The van der Waals surface area contributed by atoms with Crippen molar-refractivity contribution >= 4 is 40.9 Å². The van der Waals surface area contributed by atoms with E-state index in [0.717, 1.165) is 16.8 Å². The third kappa shape index (κ3) is 8.52. The van der Waals surface area contributed by atoms with Gasteiger partial charge in [-0.1, -0.05) is 47.6 Å². The molecule has 43 heavy (non-hydrogen) atoms. The van der Waals surface area contributed by atoms with E-state index in [-0.39, 0.29) is 36.9 Å². The second-order valence-corrected chi connectivity index (χ2v) is 10.1. The first-order chi connectivity index (χ1) is 20.6. The summed E-state index contributed by atoms with van der Waals surface area (Å²) >= 11 is 0. The molecule has 0 saturated heterocycles. The van der Waals surface area contributed by atoms with Gasteiger partial charge in [0.25, 0.3) is 5.91 Å². The predicted molar refractivity (Wildman–Crippen MR) is 162 cm³/mol. The Bertz CT molecular complexity index is 1600. The summed E-state index contributed by atoms with van der Waals surface area (Å²) < 4.78 is 4.95.